The molecule has 2 amide bonds. The van der Waals surface area contributed by atoms with Crippen molar-refractivity contribution in [3.05, 3.63) is 58.1 Å². The topological polar surface area (TPSA) is 61.9 Å². The number of para-hydroxylation sites is 2. The SMILES string of the molecule is CCC(=O)N1CCN(c2ccccc2NC(=O)/C=C/c2cc(Cl)cc(Cl)c2OC)CC1. The first-order valence-electron chi connectivity index (χ1n) is 10.1. The summed E-state index contributed by atoms with van der Waals surface area (Å²) in [5, 5.41) is 3.77. The third-order valence-electron chi connectivity index (χ3n) is 5.09. The fraction of sp³-hybridized carbons (Fsp3) is 0.304. The van der Waals surface area contributed by atoms with Gasteiger partial charge >= 0.3 is 0 Å². The minimum absolute atomic E-state index is 0.169. The van der Waals surface area contributed by atoms with E-state index in [0.29, 0.717) is 59.6 Å². The zero-order chi connectivity index (χ0) is 22.4. The number of hydrogen-bond acceptors (Lipinski definition) is 4. The maximum absolute atomic E-state index is 12.6. The minimum Gasteiger partial charge on any atom is -0.495 e. The molecule has 2 aromatic rings. The summed E-state index contributed by atoms with van der Waals surface area (Å²) >= 11 is 12.2. The maximum Gasteiger partial charge on any atom is 0.248 e. The van der Waals surface area contributed by atoms with E-state index in [1.54, 1.807) is 18.2 Å². The van der Waals surface area contributed by atoms with Gasteiger partial charge in [-0.25, -0.2) is 0 Å². The van der Waals surface area contributed by atoms with E-state index in [0.717, 1.165) is 5.69 Å². The molecule has 1 heterocycles. The Morgan fingerprint density at radius 2 is 1.84 bits per heavy atom. The highest BCUT2D eigenvalue weighted by molar-refractivity contribution is 6.36. The number of nitrogens with one attached hydrogen (secondary N) is 1. The molecule has 1 aliphatic rings. The standard InChI is InChI=1S/C23H25Cl2N3O3/c1-3-22(30)28-12-10-27(11-13-28)20-7-5-4-6-19(20)26-21(29)9-8-16-14-17(24)15-18(25)23(16)31-2/h4-9,14-15H,3,10-13H2,1-2H3,(H,26,29)/b9-8+. The van der Waals surface area contributed by atoms with E-state index in [-0.39, 0.29) is 11.8 Å². The molecule has 0 bridgehead atoms. The van der Waals surface area contributed by atoms with Crippen LogP contribution in [0.3, 0.4) is 0 Å². The van der Waals surface area contributed by atoms with E-state index >= 15 is 0 Å². The molecule has 8 heteroatoms. The van der Waals surface area contributed by atoms with Crippen LogP contribution < -0.4 is 15.0 Å². The Morgan fingerprint density at radius 1 is 1.13 bits per heavy atom. The quantitative estimate of drug-likeness (QED) is 0.632. The van der Waals surface area contributed by atoms with Crippen molar-refractivity contribution in [1.82, 2.24) is 4.90 Å². The monoisotopic (exact) mass is 461 g/mol. The Labute approximate surface area is 192 Å². The van der Waals surface area contributed by atoms with Crippen LogP contribution in [0.5, 0.6) is 5.75 Å². The Balaban J connectivity index is 1.71. The van der Waals surface area contributed by atoms with Crippen molar-refractivity contribution in [2.24, 2.45) is 0 Å². The number of amides is 2. The average Bonchev–Trinajstić information content (AvgIpc) is 2.77. The number of carbonyl (C=O) groups excluding carboxylic acids is 2. The van der Waals surface area contributed by atoms with Crippen molar-refractivity contribution in [1.29, 1.82) is 0 Å². The molecule has 1 saturated heterocycles. The second-order valence-corrected chi connectivity index (χ2v) is 7.91. The zero-order valence-corrected chi connectivity index (χ0v) is 19.0. The van der Waals surface area contributed by atoms with Gasteiger partial charge in [0.1, 0.15) is 5.75 Å². The van der Waals surface area contributed by atoms with Crippen LogP contribution in [0, 0.1) is 0 Å². The number of benzene rings is 2. The summed E-state index contributed by atoms with van der Waals surface area (Å²) in [4.78, 5) is 28.6. The van der Waals surface area contributed by atoms with Crippen LogP contribution >= 0.6 is 23.2 Å². The number of hydrogen-bond donors (Lipinski definition) is 1. The average molecular weight is 462 g/mol. The summed E-state index contributed by atoms with van der Waals surface area (Å²) in [6, 6.07) is 10.9. The van der Waals surface area contributed by atoms with Gasteiger partial charge in [0.15, 0.2) is 0 Å². The minimum atomic E-state index is -0.287. The Morgan fingerprint density at radius 3 is 2.52 bits per heavy atom. The van der Waals surface area contributed by atoms with E-state index in [2.05, 4.69) is 10.2 Å². The fourth-order valence-corrected chi connectivity index (χ4v) is 4.12. The fourth-order valence-electron chi connectivity index (χ4n) is 3.53. The van der Waals surface area contributed by atoms with Gasteiger partial charge in [-0.2, -0.15) is 0 Å². The van der Waals surface area contributed by atoms with Crippen LogP contribution in [0.25, 0.3) is 6.08 Å². The third-order valence-corrected chi connectivity index (χ3v) is 5.59. The first-order chi connectivity index (χ1) is 14.9. The molecule has 0 unspecified atom stereocenters. The molecule has 0 saturated carbocycles. The largest absolute Gasteiger partial charge is 0.495 e. The zero-order valence-electron chi connectivity index (χ0n) is 17.5. The van der Waals surface area contributed by atoms with E-state index in [1.807, 2.05) is 36.1 Å². The number of ether oxygens (including phenoxy) is 1. The van der Waals surface area contributed by atoms with Gasteiger partial charge in [-0.1, -0.05) is 42.3 Å². The molecular formula is C23H25Cl2N3O3. The molecular weight excluding hydrogens is 437 g/mol. The van der Waals surface area contributed by atoms with Crippen LogP contribution in [0.15, 0.2) is 42.5 Å². The number of carbonyl (C=O) groups is 2. The van der Waals surface area contributed by atoms with Gasteiger partial charge in [-0.15, -0.1) is 0 Å². The predicted octanol–water partition coefficient (Wildman–Crippen LogP) is 4.71. The molecule has 0 atom stereocenters. The Bertz CT molecular complexity index is 986. The summed E-state index contributed by atoms with van der Waals surface area (Å²) in [7, 11) is 1.51. The van der Waals surface area contributed by atoms with Crippen molar-refractivity contribution < 1.29 is 14.3 Å². The van der Waals surface area contributed by atoms with E-state index in [9.17, 15) is 9.59 Å². The highest BCUT2D eigenvalue weighted by atomic mass is 35.5. The van der Waals surface area contributed by atoms with Gasteiger partial charge in [-0.3, -0.25) is 9.59 Å². The molecule has 1 aliphatic heterocycles. The smallest absolute Gasteiger partial charge is 0.248 e. The first kappa shape index (κ1) is 23.0. The second-order valence-electron chi connectivity index (χ2n) is 7.07. The summed E-state index contributed by atoms with van der Waals surface area (Å²) in [6.07, 6.45) is 3.55. The van der Waals surface area contributed by atoms with Crippen molar-refractivity contribution in [3.63, 3.8) is 0 Å². The van der Waals surface area contributed by atoms with Crippen LogP contribution in [0.2, 0.25) is 10.0 Å². The highest BCUT2D eigenvalue weighted by Crippen LogP contribution is 2.33. The summed E-state index contributed by atoms with van der Waals surface area (Å²) in [6.45, 7) is 4.65. The van der Waals surface area contributed by atoms with Gasteiger partial charge in [0.25, 0.3) is 0 Å². The lowest BCUT2D eigenvalue weighted by Gasteiger charge is -2.36. The highest BCUT2D eigenvalue weighted by Gasteiger charge is 2.21. The van der Waals surface area contributed by atoms with Gasteiger partial charge < -0.3 is 19.9 Å². The lowest BCUT2D eigenvalue weighted by atomic mass is 10.1. The Kier molecular flexibility index (Phi) is 7.82. The first-order valence-corrected chi connectivity index (χ1v) is 10.8. The Hall–Kier alpha value is -2.70. The number of anilines is 2. The second kappa shape index (κ2) is 10.6. The summed E-state index contributed by atoms with van der Waals surface area (Å²) < 4.78 is 5.31. The summed E-state index contributed by atoms with van der Waals surface area (Å²) in [5.74, 6) is 0.336. The third kappa shape index (κ3) is 5.71. The number of methoxy groups -OCH3 is 1. The van der Waals surface area contributed by atoms with Crippen LogP contribution in [0.1, 0.15) is 18.9 Å². The molecule has 2 aromatic carbocycles. The van der Waals surface area contributed by atoms with E-state index in [1.165, 1.54) is 13.2 Å². The van der Waals surface area contributed by atoms with Crippen molar-refractivity contribution in [2.45, 2.75) is 13.3 Å². The number of rotatable bonds is 6. The van der Waals surface area contributed by atoms with Gasteiger partial charge in [-0.05, 0) is 30.3 Å². The predicted molar refractivity (Wildman–Crippen MR) is 126 cm³/mol. The van der Waals surface area contributed by atoms with Crippen molar-refractivity contribution >= 4 is 52.5 Å². The molecule has 1 fully saturated rings. The number of nitrogens with zero attached hydrogens (tertiary/aromatic N) is 2. The normalized spacial score (nSPS) is 14.1. The molecule has 6 nitrogen and oxygen atoms in total. The molecule has 3 rings (SSSR count). The molecule has 0 radical (unpaired) electrons. The molecule has 164 valence electrons. The van der Waals surface area contributed by atoms with Crippen LogP contribution in [0.4, 0.5) is 11.4 Å². The van der Waals surface area contributed by atoms with E-state index in [4.69, 9.17) is 27.9 Å². The molecule has 0 spiro atoms. The lowest BCUT2D eigenvalue weighted by Crippen LogP contribution is -2.48. The molecule has 0 aliphatic carbocycles. The van der Waals surface area contributed by atoms with Gasteiger partial charge in [0.05, 0.1) is 23.5 Å². The number of halogens is 2. The summed E-state index contributed by atoms with van der Waals surface area (Å²) in [5.41, 5.74) is 2.25. The maximum atomic E-state index is 12.6. The number of piperazine rings is 1. The molecule has 31 heavy (non-hydrogen) atoms. The van der Waals surface area contributed by atoms with Crippen LogP contribution in [-0.4, -0.2) is 50.0 Å². The van der Waals surface area contributed by atoms with E-state index < -0.39 is 0 Å². The molecule has 1 N–H and O–H groups in total. The molecule has 0 aromatic heterocycles. The van der Waals surface area contributed by atoms with Gasteiger partial charge in [0.2, 0.25) is 11.8 Å². The van der Waals surface area contributed by atoms with Crippen molar-refractivity contribution in [2.75, 3.05) is 43.5 Å². The van der Waals surface area contributed by atoms with Gasteiger partial charge in [0, 0.05) is 49.3 Å². The van der Waals surface area contributed by atoms with Crippen LogP contribution in [-0.2, 0) is 9.59 Å². The lowest BCUT2D eigenvalue weighted by molar-refractivity contribution is -0.131. The van der Waals surface area contributed by atoms with Crippen molar-refractivity contribution in [3.8, 4) is 5.75 Å².